The van der Waals surface area contributed by atoms with E-state index in [2.05, 4.69) is 0 Å². The Morgan fingerprint density at radius 1 is 0.400 bits per heavy atom. The number of rotatable bonds is 0. The van der Waals surface area contributed by atoms with Crippen LogP contribution in [0.2, 0.25) is 0 Å². The van der Waals surface area contributed by atoms with E-state index in [-0.39, 0.29) is 78.4 Å². The first kappa shape index (κ1) is 56.7. The summed E-state index contributed by atoms with van der Waals surface area (Å²) in [5.74, 6) is 0. The zero-order chi connectivity index (χ0) is 0. The third kappa shape index (κ3) is 22.5. The molecule has 0 aromatic rings. The van der Waals surface area contributed by atoms with Crippen molar-refractivity contribution in [3.8, 4) is 0 Å². The van der Waals surface area contributed by atoms with Gasteiger partial charge in [-0.05, 0) is 0 Å². The van der Waals surface area contributed by atoms with Crippen LogP contribution in [0.1, 0.15) is 0 Å². The van der Waals surface area contributed by atoms with Crippen molar-refractivity contribution in [1.29, 1.82) is 0 Å². The fourth-order valence-corrected chi connectivity index (χ4v) is 0. The van der Waals surface area contributed by atoms with Crippen LogP contribution in [-0.2, 0) is 0 Å². The molecule has 0 aliphatic heterocycles. The van der Waals surface area contributed by atoms with E-state index >= 15 is 0 Å². The van der Waals surface area contributed by atoms with Crippen LogP contribution in [0.5, 0.6) is 0 Å². The summed E-state index contributed by atoms with van der Waals surface area (Å²) in [5, 5.41) is 0. The average molecular weight is 261 g/mol. The van der Waals surface area contributed by atoms with E-state index in [1.54, 1.807) is 0 Å². The number of hydrogen-bond acceptors (Lipinski definition) is 0. The van der Waals surface area contributed by atoms with Crippen LogP contribution in [0.15, 0.2) is 0 Å². The summed E-state index contributed by atoms with van der Waals surface area (Å²) in [4.78, 5) is 0. The van der Waals surface area contributed by atoms with Crippen molar-refractivity contribution in [2.24, 2.45) is 0 Å². The van der Waals surface area contributed by atoms with Gasteiger partial charge in [0.15, 0.2) is 0 Å². The van der Waals surface area contributed by atoms with Gasteiger partial charge in [0.25, 0.3) is 0 Å². The van der Waals surface area contributed by atoms with Crippen molar-refractivity contribution in [1.82, 2.24) is 0 Å². The third-order valence-electron chi connectivity index (χ3n) is 0. The Hall–Kier alpha value is 2.22. The Morgan fingerprint density at radius 2 is 0.400 bits per heavy atom. The predicted molar refractivity (Wildman–Crippen MR) is 51.5 cm³/mol. The van der Waals surface area contributed by atoms with E-state index in [1.807, 2.05) is 0 Å². The molecular formula is H11S4Sb. The van der Waals surface area contributed by atoms with Gasteiger partial charge in [-0.2, -0.15) is 54.0 Å². The Bertz CT molecular complexity index is 3.61. The van der Waals surface area contributed by atoms with Gasteiger partial charge in [0, 0.05) is 0 Å². The number of hydrogen-bond donors (Lipinski definition) is 0. The Morgan fingerprint density at radius 3 is 0.400 bits per heavy atom. The fraction of sp³-hybridized carbons (Fsp3) is 0. The minimum atomic E-state index is 0. The molecule has 0 N–H and O–H groups in total. The standard InChI is InChI=1S/4H2S.Sb.3H/h4*1H2;;;;. The second-order valence-corrected chi connectivity index (χ2v) is 0. The molecule has 0 bridgehead atoms. The normalized spacial score (nSPS) is 0. The SMILES string of the molecule is S.S.S.S.[SbH3]. The molecule has 0 fully saturated rings. The van der Waals surface area contributed by atoms with E-state index in [4.69, 9.17) is 0 Å². The molecule has 40 valence electrons. The van der Waals surface area contributed by atoms with Crippen LogP contribution < -0.4 is 0 Å². The molecule has 0 unspecified atom stereocenters. The van der Waals surface area contributed by atoms with E-state index in [0.717, 1.165) is 0 Å². The second-order valence-electron chi connectivity index (χ2n) is 0. The topological polar surface area (TPSA) is 0 Å². The molecule has 0 saturated carbocycles. The van der Waals surface area contributed by atoms with Gasteiger partial charge in [-0.15, -0.1) is 0 Å². The van der Waals surface area contributed by atoms with Crippen molar-refractivity contribution in [3.05, 3.63) is 0 Å². The van der Waals surface area contributed by atoms with Gasteiger partial charge in [-0.1, -0.05) is 0 Å². The third-order valence-corrected chi connectivity index (χ3v) is 0. The minimum absolute atomic E-state index is 0. The van der Waals surface area contributed by atoms with Gasteiger partial charge in [-0.3, -0.25) is 0 Å². The van der Waals surface area contributed by atoms with Crippen molar-refractivity contribution in [2.75, 3.05) is 0 Å². The van der Waals surface area contributed by atoms with Crippen LogP contribution in [0.4, 0.5) is 0 Å². The molecule has 5 heteroatoms. The first-order valence-electron chi connectivity index (χ1n) is 0. The van der Waals surface area contributed by atoms with Crippen molar-refractivity contribution in [2.45, 2.75) is 0 Å². The molecule has 0 heterocycles. The van der Waals surface area contributed by atoms with Crippen LogP contribution in [0.3, 0.4) is 0 Å². The van der Waals surface area contributed by atoms with Gasteiger partial charge in [-0.25, -0.2) is 0 Å². The molecule has 0 saturated heterocycles. The van der Waals surface area contributed by atoms with Gasteiger partial charge >= 0.3 is 24.4 Å². The molecule has 0 radical (unpaired) electrons. The maximum absolute atomic E-state index is 0. The van der Waals surface area contributed by atoms with Crippen LogP contribution in [-0.4, -0.2) is 24.4 Å². The first-order valence-corrected chi connectivity index (χ1v) is 0. The van der Waals surface area contributed by atoms with E-state index in [9.17, 15) is 0 Å². The van der Waals surface area contributed by atoms with Crippen LogP contribution >= 0.6 is 54.0 Å². The molecule has 0 spiro atoms. The summed E-state index contributed by atoms with van der Waals surface area (Å²) in [7, 11) is 0. The molecule has 0 aromatic heterocycles. The zero-order valence-electron chi connectivity index (χ0n) is 2.71. The van der Waals surface area contributed by atoms with E-state index in [0.29, 0.717) is 0 Å². The predicted octanol–water partition coefficient (Wildman–Crippen LogP) is -0.733. The molecule has 0 aliphatic carbocycles. The summed E-state index contributed by atoms with van der Waals surface area (Å²) < 4.78 is 0. The summed E-state index contributed by atoms with van der Waals surface area (Å²) in [6.07, 6.45) is 0. The summed E-state index contributed by atoms with van der Waals surface area (Å²) in [5.41, 5.74) is 0. The second kappa shape index (κ2) is 34.4. The van der Waals surface area contributed by atoms with Crippen molar-refractivity contribution >= 4 is 78.4 Å². The zero-order valence-corrected chi connectivity index (χ0v) is 10.7. The molecular weight excluding hydrogens is 250 g/mol. The Balaban J connectivity index is 0. The van der Waals surface area contributed by atoms with Gasteiger partial charge in [0.05, 0.1) is 0 Å². The first-order chi connectivity index (χ1) is 0. The van der Waals surface area contributed by atoms with Gasteiger partial charge in [0.2, 0.25) is 0 Å². The maximum atomic E-state index is 0. The fourth-order valence-electron chi connectivity index (χ4n) is 0. The summed E-state index contributed by atoms with van der Waals surface area (Å²) >= 11 is 0. The molecule has 0 atom stereocenters. The molecule has 0 aliphatic rings. The van der Waals surface area contributed by atoms with Crippen molar-refractivity contribution < 1.29 is 0 Å². The molecule has 0 aromatic carbocycles. The van der Waals surface area contributed by atoms with E-state index < -0.39 is 0 Å². The van der Waals surface area contributed by atoms with Crippen LogP contribution in [0.25, 0.3) is 0 Å². The Kier molecular flexibility index (Phi) is 390. The van der Waals surface area contributed by atoms with Crippen LogP contribution in [0, 0.1) is 0 Å². The van der Waals surface area contributed by atoms with Gasteiger partial charge in [0.1, 0.15) is 0 Å². The monoisotopic (exact) mass is 260 g/mol. The van der Waals surface area contributed by atoms with Gasteiger partial charge < -0.3 is 0 Å². The molecule has 0 amide bonds. The Labute approximate surface area is 77.7 Å². The van der Waals surface area contributed by atoms with E-state index in [1.165, 1.54) is 0 Å². The summed E-state index contributed by atoms with van der Waals surface area (Å²) in [6.45, 7) is 0. The quantitative estimate of drug-likeness (QED) is 0.504. The average Bonchev–Trinajstić information content (AvgIpc) is 0. The molecule has 0 nitrogen and oxygen atoms in total. The summed E-state index contributed by atoms with van der Waals surface area (Å²) in [6, 6.07) is 0. The molecule has 5 heavy (non-hydrogen) atoms. The van der Waals surface area contributed by atoms with Crippen molar-refractivity contribution in [3.63, 3.8) is 0 Å². The molecule has 0 rings (SSSR count).